The van der Waals surface area contributed by atoms with Crippen molar-refractivity contribution in [1.82, 2.24) is 20.0 Å². The summed E-state index contributed by atoms with van der Waals surface area (Å²) in [4.78, 5) is 31.6. The Morgan fingerprint density at radius 2 is 1.29 bits per heavy atom. The lowest BCUT2D eigenvalue weighted by molar-refractivity contribution is -0.123. The Bertz CT molecular complexity index is 921. The molecule has 0 atom stereocenters. The summed E-state index contributed by atoms with van der Waals surface area (Å²) in [6.07, 6.45) is 0. The van der Waals surface area contributed by atoms with Crippen molar-refractivity contribution in [1.29, 1.82) is 0 Å². The van der Waals surface area contributed by atoms with E-state index in [1.54, 1.807) is 14.2 Å². The lowest BCUT2D eigenvalue weighted by Gasteiger charge is -2.38. The molecular weight excluding hydrogens is 448 g/mol. The molecule has 0 saturated carbocycles. The Labute approximate surface area is 206 Å². The van der Waals surface area contributed by atoms with Crippen LogP contribution in [0.15, 0.2) is 48.5 Å². The van der Waals surface area contributed by atoms with Crippen molar-refractivity contribution in [2.24, 2.45) is 0 Å². The minimum atomic E-state index is -0.302. The lowest BCUT2D eigenvalue weighted by Crippen LogP contribution is -2.55. The molecule has 35 heavy (non-hydrogen) atoms. The van der Waals surface area contributed by atoms with E-state index in [1.165, 1.54) is 0 Å². The maximum Gasteiger partial charge on any atom is 0.320 e. The van der Waals surface area contributed by atoms with E-state index in [9.17, 15) is 9.59 Å². The maximum atomic E-state index is 13.1. The van der Waals surface area contributed by atoms with E-state index < -0.39 is 0 Å². The number of methoxy groups -OCH3 is 2. The summed E-state index contributed by atoms with van der Waals surface area (Å²) in [7, 11) is 3.26. The van der Waals surface area contributed by atoms with Crippen LogP contribution < -0.4 is 14.8 Å². The standard InChI is InChI=1S/C26H34N4O5/c1-33-22-7-3-20(4-8-22)25(21-5-9-23(34-2)10-6-21)27-24(31)19-28-11-13-29(14-12-28)26(32)30-15-17-35-18-16-30/h3-10,25H,11-19H2,1-2H3,(H,27,31). The summed E-state index contributed by atoms with van der Waals surface area (Å²) in [5, 5.41) is 3.19. The smallest absolute Gasteiger partial charge is 0.320 e. The van der Waals surface area contributed by atoms with Crippen molar-refractivity contribution in [3.63, 3.8) is 0 Å². The molecule has 4 rings (SSSR count). The lowest BCUT2D eigenvalue weighted by atomic mass is 9.98. The summed E-state index contributed by atoms with van der Waals surface area (Å²) in [5.41, 5.74) is 1.93. The van der Waals surface area contributed by atoms with Gasteiger partial charge in [0, 0.05) is 39.3 Å². The van der Waals surface area contributed by atoms with Gasteiger partial charge in [0.2, 0.25) is 5.91 Å². The number of hydrogen-bond donors (Lipinski definition) is 1. The SMILES string of the molecule is COc1ccc(C(NC(=O)CN2CCN(C(=O)N3CCOCC3)CC2)c2ccc(OC)cc2)cc1. The Kier molecular flexibility index (Phi) is 8.44. The van der Waals surface area contributed by atoms with Crippen LogP contribution in [0.4, 0.5) is 4.79 Å². The van der Waals surface area contributed by atoms with Crippen LogP contribution in [0.25, 0.3) is 0 Å². The highest BCUT2D eigenvalue weighted by Gasteiger charge is 2.27. The van der Waals surface area contributed by atoms with E-state index in [-0.39, 0.29) is 24.5 Å². The fourth-order valence-electron chi connectivity index (χ4n) is 4.41. The Morgan fingerprint density at radius 1 is 0.800 bits per heavy atom. The fraction of sp³-hybridized carbons (Fsp3) is 0.462. The van der Waals surface area contributed by atoms with E-state index in [0.29, 0.717) is 52.5 Å². The van der Waals surface area contributed by atoms with Gasteiger partial charge in [-0.3, -0.25) is 9.69 Å². The minimum Gasteiger partial charge on any atom is -0.497 e. The first-order valence-electron chi connectivity index (χ1n) is 12.0. The van der Waals surface area contributed by atoms with Crippen molar-refractivity contribution in [2.75, 3.05) is 73.2 Å². The number of carbonyl (C=O) groups excluding carboxylic acids is 2. The molecule has 9 nitrogen and oxygen atoms in total. The number of benzene rings is 2. The second-order valence-corrected chi connectivity index (χ2v) is 8.69. The van der Waals surface area contributed by atoms with Crippen LogP contribution in [0.3, 0.4) is 0 Å². The van der Waals surface area contributed by atoms with Gasteiger partial charge in [0.1, 0.15) is 11.5 Å². The Balaban J connectivity index is 1.36. The van der Waals surface area contributed by atoms with Crippen LogP contribution in [-0.2, 0) is 9.53 Å². The number of nitrogens with zero attached hydrogens (tertiary/aromatic N) is 3. The molecule has 2 aliphatic rings. The molecule has 0 unspecified atom stereocenters. The first-order valence-corrected chi connectivity index (χ1v) is 12.0. The third-order valence-electron chi connectivity index (χ3n) is 6.50. The first kappa shape index (κ1) is 24.8. The molecule has 2 saturated heterocycles. The molecule has 2 fully saturated rings. The highest BCUT2D eigenvalue weighted by Crippen LogP contribution is 2.26. The number of ether oxygens (including phenoxy) is 3. The summed E-state index contributed by atoms with van der Waals surface area (Å²) >= 11 is 0. The summed E-state index contributed by atoms with van der Waals surface area (Å²) in [6, 6.07) is 15.2. The number of nitrogens with one attached hydrogen (secondary N) is 1. The Hall–Kier alpha value is -3.30. The third-order valence-corrected chi connectivity index (χ3v) is 6.50. The average molecular weight is 483 g/mol. The maximum absolute atomic E-state index is 13.1. The molecule has 2 aromatic rings. The second kappa shape index (κ2) is 11.9. The second-order valence-electron chi connectivity index (χ2n) is 8.69. The van der Waals surface area contributed by atoms with Crippen molar-refractivity contribution >= 4 is 11.9 Å². The van der Waals surface area contributed by atoms with Gasteiger partial charge in [0.15, 0.2) is 0 Å². The Morgan fingerprint density at radius 3 is 1.77 bits per heavy atom. The number of carbonyl (C=O) groups is 2. The number of amides is 3. The number of urea groups is 1. The molecule has 0 aromatic heterocycles. The molecular formula is C26H34N4O5. The van der Waals surface area contributed by atoms with Crippen molar-refractivity contribution < 1.29 is 23.8 Å². The van der Waals surface area contributed by atoms with Gasteiger partial charge in [-0.25, -0.2) is 4.79 Å². The molecule has 9 heteroatoms. The van der Waals surface area contributed by atoms with Crippen molar-refractivity contribution in [3.8, 4) is 11.5 Å². The quantitative estimate of drug-likeness (QED) is 0.650. The molecule has 188 valence electrons. The molecule has 0 aliphatic carbocycles. The molecule has 2 heterocycles. The zero-order chi connectivity index (χ0) is 24.6. The molecule has 2 aliphatic heterocycles. The van der Waals surface area contributed by atoms with Crippen LogP contribution in [0, 0.1) is 0 Å². The molecule has 3 amide bonds. The minimum absolute atomic E-state index is 0.0606. The fourth-order valence-corrected chi connectivity index (χ4v) is 4.41. The van der Waals surface area contributed by atoms with Gasteiger partial charge in [0.25, 0.3) is 0 Å². The summed E-state index contributed by atoms with van der Waals surface area (Å²) < 4.78 is 15.9. The van der Waals surface area contributed by atoms with E-state index in [1.807, 2.05) is 58.3 Å². The number of piperazine rings is 1. The van der Waals surface area contributed by atoms with Gasteiger partial charge >= 0.3 is 6.03 Å². The first-order chi connectivity index (χ1) is 17.1. The van der Waals surface area contributed by atoms with E-state index in [4.69, 9.17) is 14.2 Å². The van der Waals surface area contributed by atoms with Crippen LogP contribution in [0.5, 0.6) is 11.5 Å². The third kappa shape index (κ3) is 6.43. The average Bonchev–Trinajstić information content (AvgIpc) is 2.92. The molecule has 2 aromatic carbocycles. The van der Waals surface area contributed by atoms with Gasteiger partial charge in [0.05, 0.1) is 40.0 Å². The van der Waals surface area contributed by atoms with Crippen molar-refractivity contribution in [3.05, 3.63) is 59.7 Å². The van der Waals surface area contributed by atoms with Gasteiger partial charge in [-0.15, -0.1) is 0 Å². The summed E-state index contributed by atoms with van der Waals surface area (Å²) in [6.45, 7) is 5.30. The predicted molar refractivity (Wildman–Crippen MR) is 132 cm³/mol. The predicted octanol–water partition coefficient (Wildman–Crippen LogP) is 1.98. The van der Waals surface area contributed by atoms with Crippen LogP contribution in [0.2, 0.25) is 0 Å². The van der Waals surface area contributed by atoms with E-state index in [0.717, 1.165) is 22.6 Å². The topological polar surface area (TPSA) is 83.6 Å². The zero-order valence-corrected chi connectivity index (χ0v) is 20.4. The highest BCUT2D eigenvalue weighted by atomic mass is 16.5. The number of hydrogen-bond acceptors (Lipinski definition) is 6. The van der Waals surface area contributed by atoms with E-state index >= 15 is 0 Å². The molecule has 0 radical (unpaired) electrons. The van der Waals surface area contributed by atoms with Gasteiger partial charge < -0.3 is 29.3 Å². The van der Waals surface area contributed by atoms with Crippen molar-refractivity contribution in [2.45, 2.75) is 6.04 Å². The number of rotatable bonds is 7. The zero-order valence-electron chi connectivity index (χ0n) is 20.4. The normalized spacial score (nSPS) is 16.8. The van der Waals surface area contributed by atoms with Gasteiger partial charge in [-0.05, 0) is 35.4 Å². The van der Waals surface area contributed by atoms with Crippen LogP contribution in [-0.4, -0.2) is 99.9 Å². The van der Waals surface area contributed by atoms with Gasteiger partial charge in [-0.2, -0.15) is 0 Å². The monoisotopic (exact) mass is 482 g/mol. The van der Waals surface area contributed by atoms with E-state index in [2.05, 4.69) is 10.2 Å². The number of morpholine rings is 1. The molecule has 0 bridgehead atoms. The van der Waals surface area contributed by atoms with Gasteiger partial charge in [-0.1, -0.05) is 24.3 Å². The highest BCUT2D eigenvalue weighted by molar-refractivity contribution is 5.79. The van der Waals surface area contributed by atoms with Crippen LogP contribution >= 0.6 is 0 Å². The molecule has 1 N–H and O–H groups in total. The molecule has 0 spiro atoms. The van der Waals surface area contributed by atoms with Crippen LogP contribution in [0.1, 0.15) is 17.2 Å². The summed E-state index contributed by atoms with van der Waals surface area (Å²) in [5.74, 6) is 1.46. The largest absolute Gasteiger partial charge is 0.497 e.